The predicted molar refractivity (Wildman–Crippen MR) is 89.0 cm³/mol. The van der Waals surface area contributed by atoms with E-state index in [4.69, 9.17) is 0 Å². The number of halogens is 1. The third kappa shape index (κ3) is 2.11. The van der Waals surface area contributed by atoms with E-state index in [0.717, 1.165) is 40.8 Å². The second kappa shape index (κ2) is 5.08. The minimum Gasteiger partial charge on any atom is -0.353 e. The van der Waals surface area contributed by atoms with Crippen molar-refractivity contribution in [1.29, 1.82) is 0 Å². The molecule has 1 unspecified atom stereocenters. The lowest BCUT2D eigenvalue weighted by molar-refractivity contribution is 0.494. The molecule has 7 heteroatoms. The third-order valence-corrected chi connectivity index (χ3v) is 4.86. The van der Waals surface area contributed by atoms with E-state index in [-0.39, 0.29) is 0 Å². The maximum absolute atomic E-state index is 4.55. The lowest BCUT2D eigenvalue weighted by Gasteiger charge is -2.19. The third-order valence-electron chi connectivity index (χ3n) is 4.45. The number of aryl methyl sites for hydroxylation is 2. The minimum absolute atomic E-state index is 0.387. The van der Waals surface area contributed by atoms with Gasteiger partial charge in [0.2, 0.25) is 0 Å². The molecule has 4 rings (SSSR count). The number of fused-ring (bicyclic) bond motifs is 1. The summed E-state index contributed by atoms with van der Waals surface area (Å²) in [6, 6.07) is 2.50. The maximum atomic E-state index is 4.55. The Morgan fingerprint density at radius 3 is 2.95 bits per heavy atom. The van der Waals surface area contributed by atoms with Crippen LogP contribution in [0.5, 0.6) is 0 Å². The molecule has 4 heterocycles. The topological polar surface area (TPSA) is 51.8 Å². The Balaban J connectivity index is 1.69. The molecule has 0 aromatic carbocycles. The minimum atomic E-state index is 0.387. The van der Waals surface area contributed by atoms with Crippen LogP contribution in [0.3, 0.4) is 0 Å². The van der Waals surface area contributed by atoms with Crippen LogP contribution in [-0.2, 0) is 7.05 Å². The number of hydrogen-bond donors (Lipinski definition) is 0. The van der Waals surface area contributed by atoms with Crippen molar-refractivity contribution in [2.24, 2.45) is 7.05 Å². The van der Waals surface area contributed by atoms with Gasteiger partial charge in [0.05, 0.1) is 22.2 Å². The second-order valence-corrected chi connectivity index (χ2v) is 6.72. The van der Waals surface area contributed by atoms with Crippen molar-refractivity contribution in [2.75, 3.05) is 18.0 Å². The van der Waals surface area contributed by atoms with E-state index in [2.05, 4.69) is 60.5 Å². The lowest BCUT2D eigenvalue weighted by atomic mass is 10.3. The van der Waals surface area contributed by atoms with E-state index < -0.39 is 0 Å². The van der Waals surface area contributed by atoms with Crippen LogP contribution in [0, 0.1) is 6.92 Å². The quantitative estimate of drug-likeness (QED) is 0.704. The molecule has 1 aliphatic heterocycles. The second-order valence-electron chi connectivity index (χ2n) is 5.80. The molecule has 3 aromatic heterocycles. The zero-order valence-electron chi connectivity index (χ0n) is 12.6. The van der Waals surface area contributed by atoms with Crippen molar-refractivity contribution < 1.29 is 0 Å². The first-order valence-corrected chi connectivity index (χ1v) is 8.14. The Labute approximate surface area is 136 Å². The van der Waals surface area contributed by atoms with Gasteiger partial charge in [-0.3, -0.25) is 4.68 Å². The fourth-order valence-electron chi connectivity index (χ4n) is 3.18. The van der Waals surface area contributed by atoms with Crippen LogP contribution in [0.2, 0.25) is 0 Å². The molecule has 0 bridgehead atoms. The van der Waals surface area contributed by atoms with Crippen molar-refractivity contribution in [3.05, 3.63) is 35.0 Å². The molecular formula is C15H17BrN6. The van der Waals surface area contributed by atoms with Gasteiger partial charge in [-0.05, 0) is 35.3 Å². The summed E-state index contributed by atoms with van der Waals surface area (Å²) in [6.07, 6.45) is 6.61. The molecule has 22 heavy (non-hydrogen) atoms. The molecule has 0 amide bonds. The van der Waals surface area contributed by atoms with Gasteiger partial charge in [-0.1, -0.05) is 0 Å². The average Bonchev–Trinajstić information content (AvgIpc) is 3.20. The molecular weight excluding hydrogens is 344 g/mol. The van der Waals surface area contributed by atoms with Crippen molar-refractivity contribution in [3.8, 4) is 0 Å². The number of rotatable bonds is 2. The molecule has 1 saturated heterocycles. The summed E-state index contributed by atoms with van der Waals surface area (Å²) in [5, 5.41) is 4.42. The van der Waals surface area contributed by atoms with E-state index in [1.807, 2.05) is 17.1 Å². The highest BCUT2D eigenvalue weighted by Gasteiger charge is 2.27. The number of hydrogen-bond acceptors (Lipinski definition) is 4. The highest BCUT2D eigenvalue weighted by atomic mass is 79.9. The van der Waals surface area contributed by atoms with Gasteiger partial charge >= 0.3 is 0 Å². The zero-order valence-corrected chi connectivity index (χ0v) is 14.2. The Hall–Kier alpha value is -1.89. The molecule has 114 valence electrons. The summed E-state index contributed by atoms with van der Waals surface area (Å²) in [5.74, 6) is 1.02. The fraction of sp³-hybridized carbons (Fsp3) is 0.400. The van der Waals surface area contributed by atoms with Gasteiger partial charge in [-0.25, -0.2) is 9.97 Å². The summed E-state index contributed by atoms with van der Waals surface area (Å²) in [4.78, 5) is 11.3. The smallest absolute Gasteiger partial charge is 0.156 e. The Morgan fingerprint density at radius 2 is 2.18 bits per heavy atom. The average molecular weight is 361 g/mol. The highest BCUT2D eigenvalue weighted by Crippen LogP contribution is 2.31. The molecule has 0 N–H and O–H groups in total. The van der Waals surface area contributed by atoms with Crippen LogP contribution in [-0.4, -0.2) is 37.4 Å². The van der Waals surface area contributed by atoms with Crippen LogP contribution in [0.4, 0.5) is 5.82 Å². The van der Waals surface area contributed by atoms with Crippen molar-refractivity contribution in [1.82, 2.24) is 24.3 Å². The summed E-state index contributed by atoms with van der Waals surface area (Å²) in [6.45, 7) is 4.00. The lowest BCUT2D eigenvalue weighted by Crippen LogP contribution is -2.23. The first-order valence-electron chi connectivity index (χ1n) is 7.35. The zero-order chi connectivity index (χ0) is 15.3. The molecule has 3 aromatic rings. The van der Waals surface area contributed by atoms with Gasteiger partial charge in [0.1, 0.15) is 11.8 Å². The molecule has 6 nitrogen and oxygen atoms in total. The summed E-state index contributed by atoms with van der Waals surface area (Å²) < 4.78 is 5.23. The van der Waals surface area contributed by atoms with Crippen LogP contribution >= 0.6 is 15.9 Å². The van der Waals surface area contributed by atoms with Crippen molar-refractivity contribution in [3.63, 3.8) is 0 Å². The molecule has 0 spiro atoms. The SMILES string of the molecule is Cc1cc2ncnc(N3CCC(n4cc(Br)cn4)C3)c2n1C. The monoisotopic (exact) mass is 360 g/mol. The number of aromatic nitrogens is 5. The van der Waals surface area contributed by atoms with Crippen LogP contribution < -0.4 is 4.90 Å². The number of anilines is 1. The Morgan fingerprint density at radius 1 is 1.32 bits per heavy atom. The predicted octanol–water partition coefficient (Wildman–Crippen LogP) is 2.69. The van der Waals surface area contributed by atoms with Gasteiger partial charge in [0, 0.05) is 32.0 Å². The number of nitrogens with zero attached hydrogens (tertiary/aromatic N) is 6. The van der Waals surface area contributed by atoms with E-state index in [0.29, 0.717) is 6.04 Å². The summed E-state index contributed by atoms with van der Waals surface area (Å²) in [5.41, 5.74) is 3.32. The molecule has 0 saturated carbocycles. The largest absolute Gasteiger partial charge is 0.353 e. The highest BCUT2D eigenvalue weighted by molar-refractivity contribution is 9.10. The van der Waals surface area contributed by atoms with Crippen LogP contribution in [0.15, 0.2) is 29.3 Å². The van der Waals surface area contributed by atoms with Gasteiger partial charge in [0.15, 0.2) is 5.82 Å². The maximum Gasteiger partial charge on any atom is 0.156 e. The van der Waals surface area contributed by atoms with Gasteiger partial charge < -0.3 is 9.47 Å². The Bertz CT molecular complexity index is 836. The van der Waals surface area contributed by atoms with E-state index in [1.165, 1.54) is 5.69 Å². The van der Waals surface area contributed by atoms with Crippen molar-refractivity contribution >= 4 is 32.8 Å². The standard InChI is InChI=1S/C15H17BrN6/c1-10-5-13-14(20(10)2)15(18-9-17-13)21-4-3-12(8-21)22-7-11(16)6-19-22/h5-7,9,12H,3-4,8H2,1-2H3. The molecule has 1 atom stereocenters. The first-order chi connectivity index (χ1) is 10.6. The first kappa shape index (κ1) is 13.8. The van der Waals surface area contributed by atoms with Gasteiger partial charge in [-0.2, -0.15) is 5.10 Å². The Kier molecular flexibility index (Phi) is 3.18. The van der Waals surface area contributed by atoms with Gasteiger partial charge in [0.25, 0.3) is 0 Å². The van der Waals surface area contributed by atoms with Crippen LogP contribution in [0.1, 0.15) is 18.2 Å². The van der Waals surface area contributed by atoms with E-state index in [9.17, 15) is 0 Å². The van der Waals surface area contributed by atoms with Crippen LogP contribution in [0.25, 0.3) is 11.0 Å². The molecule has 1 fully saturated rings. The van der Waals surface area contributed by atoms with Crippen molar-refractivity contribution in [2.45, 2.75) is 19.4 Å². The molecule has 0 radical (unpaired) electrons. The molecule has 0 aliphatic carbocycles. The normalized spacial score (nSPS) is 18.5. The van der Waals surface area contributed by atoms with E-state index >= 15 is 0 Å². The summed E-state index contributed by atoms with van der Waals surface area (Å²) >= 11 is 3.46. The summed E-state index contributed by atoms with van der Waals surface area (Å²) in [7, 11) is 2.07. The van der Waals surface area contributed by atoms with Gasteiger partial charge in [-0.15, -0.1) is 0 Å². The van der Waals surface area contributed by atoms with E-state index in [1.54, 1.807) is 6.33 Å². The fourth-order valence-corrected chi connectivity index (χ4v) is 3.48. The molecule has 1 aliphatic rings.